The van der Waals surface area contributed by atoms with Crippen molar-refractivity contribution in [1.82, 2.24) is 0 Å². The highest BCUT2D eigenvalue weighted by Crippen LogP contribution is 2.27. The predicted octanol–water partition coefficient (Wildman–Crippen LogP) is 6.09. The van der Waals surface area contributed by atoms with Crippen LogP contribution in [0, 0.1) is 10.1 Å². The van der Waals surface area contributed by atoms with Gasteiger partial charge in [0.15, 0.2) is 0 Å². The molecule has 0 saturated carbocycles. The summed E-state index contributed by atoms with van der Waals surface area (Å²) < 4.78 is 5.75. The summed E-state index contributed by atoms with van der Waals surface area (Å²) in [4.78, 5) is 10.4. The van der Waals surface area contributed by atoms with E-state index in [0.717, 1.165) is 11.1 Å². The van der Waals surface area contributed by atoms with Crippen LogP contribution in [0.3, 0.4) is 0 Å². The number of halogens is 2. The number of hydrogen-bond acceptors (Lipinski definition) is 4. The van der Waals surface area contributed by atoms with Crippen molar-refractivity contribution in [2.24, 2.45) is 0 Å². The van der Waals surface area contributed by atoms with Crippen LogP contribution in [0.5, 0.6) is 5.75 Å². The van der Waals surface area contributed by atoms with E-state index in [0.29, 0.717) is 34.6 Å². The SMILES string of the molecule is O=[N+]([O-])c1cccc(NCc2ccc(OCc3ccc(Cl)cc3)c(Cl)c2)c1. The van der Waals surface area contributed by atoms with E-state index in [4.69, 9.17) is 27.9 Å². The zero-order valence-electron chi connectivity index (χ0n) is 14.2. The number of nitrogens with one attached hydrogen (secondary N) is 1. The Balaban J connectivity index is 1.60. The summed E-state index contributed by atoms with van der Waals surface area (Å²) in [6.07, 6.45) is 0. The first-order valence-electron chi connectivity index (χ1n) is 8.15. The quantitative estimate of drug-likeness (QED) is 0.383. The van der Waals surface area contributed by atoms with Gasteiger partial charge in [0.25, 0.3) is 5.69 Å². The lowest BCUT2D eigenvalue weighted by Gasteiger charge is -2.11. The molecule has 0 unspecified atom stereocenters. The Morgan fingerprint density at radius 3 is 2.41 bits per heavy atom. The Labute approximate surface area is 166 Å². The summed E-state index contributed by atoms with van der Waals surface area (Å²) in [7, 11) is 0. The average Bonchev–Trinajstić information content (AvgIpc) is 2.67. The third-order valence-electron chi connectivity index (χ3n) is 3.86. The Morgan fingerprint density at radius 2 is 1.70 bits per heavy atom. The van der Waals surface area contributed by atoms with Gasteiger partial charge in [0.2, 0.25) is 0 Å². The van der Waals surface area contributed by atoms with Gasteiger partial charge in [-0.05, 0) is 41.5 Å². The van der Waals surface area contributed by atoms with Gasteiger partial charge in [-0.3, -0.25) is 10.1 Å². The highest BCUT2D eigenvalue weighted by atomic mass is 35.5. The van der Waals surface area contributed by atoms with Crippen LogP contribution in [-0.2, 0) is 13.2 Å². The number of nitrogens with zero attached hydrogens (tertiary/aromatic N) is 1. The van der Waals surface area contributed by atoms with Crippen molar-refractivity contribution >= 4 is 34.6 Å². The Morgan fingerprint density at radius 1 is 0.963 bits per heavy atom. The van der Waals surface area contributed by atoms with Crippen LogP contribution >= 0.6 is 23.2 Å². The number of hydrogen-bond donors (Lipinski definition) is 1. The highest BCUT2D eigenvalue weighted by Gasteiger charge is 2.07. The third kappa shape index (κ3) is 5.36. The Bertz CT molecular complexity index is 946. The molecular formula is C20H16Cl2N2O3. The van der Waals surface area contributed by atoms with Gasteiger partial charge in [0.05, 0.1) is 9.95 Å². The molecule has 1 N–H and O–H groups in total. The fourth-order valence-corrected chi connectivity index (χ4v) is 2.83. The molecule has 0 amide bonds. The maximum Gasteiger partial charge on any atom is 0.271 e. The van der Waals surface area contributed by atoms with Crippen LogP contribution in [0.15, 0.2) is 66.7 Å². The van der Waals surface area contributed by atoms with Crippen molar-refractivity contribution in [3.8, 4) is 5.75 Å². The van der Waals surface area contributed by atoms with Gasteiger partial charge in [-0.1, -0.05) is 47.5 Å². The van der Waals surface area contributed by atoms with E-state index in [9.17, 15) is 10.1 Å². The molecule has 0 atom stereocenters. The average molecular weight is 403 g/mol. The molecule has 0 heterocycles. The van der Waals surface area contributed by atoms with Crippen LogP contribution in [0.1, 0.15) is 11.1 Å². The molecule has 3 aromatic rings. The standard InChI is InChI=1S/C20H16Cl2N2O3/c21-16-7-4-14(5-8-16)13-27-20-9-6-15(10-19(20)22)12-23-17-2-1-3-18(11-17)24(25)26/h1-11,23H,12-13H2. The Hall–Kier alpha value is -2.76. The second kappa shape index (κ2) is 8.75. The minimum atomic E-state index is -0.422. The van der Waals surface area contributed by atoms with Crippen molar-refractivity contribution < 1.29 is 9.66 Å². The summed E-state index contributed by atoms with van der Waals surface area (Å²) in [6, 6.07) is 19.3. The first-order chi connectivity index (χ1) is 13.0. The molecule has 3 aromatic carbocycles. The van der Waals surface area contributed by atoms with E-state index in [1.807, 2.05) is 42.5 Å². The number of nitro benzene ring substituents is 1. The monoisotopic (exact) mass is 402 g/mol. The maximum atomic E-state index is 10.8. The summed E-state index contributed by atoms with van der Waals surface area (Å²) >= 11 is 12.2. The third-order valence-corrected chi connectivity index (χ3v) is 4.40. The zero-order valence-corrected chi connectivity index (χ0v) is 15.7. The molecule has 27 heavy (non-hydrogen) atoms. The molecule has 0 bridgehead atoms. The van der Waals surface area contributed by atoms with Crippen molar-refractivity contribution in [1.29, 1.82) is 0 Å². The normalized spacial score (nSPS) is 10.4. The van der Waals surface area contributed by atoms with E-state index in [1.165, 1.54) is 12.1 Å². The van der Waals surface area contributed by atoms with Crippen LogP contribution < -0.4 is 10.1 Å². The van der Waals surface area contributed by atoms with Crippen LogP contribution in [0.2, 0.25) is 10.0 Å². The maximum absolute atomic E-state index is 10.8. The molecule has 0 radical (unpaired) electrons. The predicted molar refractivity (Wildman–Crippen MR) is 108 cm³/mol. The van der Waals surface area contributed by atoms with E-state index < -0.39 is 4.92 Å². The van der Waals surface area contributed by atoms with Crippen LogP contribution in [-0.4, -0.2) is 4.92 Å². The molecule has 0 saturated heterocycles. The van der Waals surface area contributed by atoms with Crippen LogP contribution in [0.25, 0.3) is 0 Å². The van der Waals surface area contributed by atoms with Crippen molar-refractivity contribution in [3.63, 3.8) is 0 Å². The van der Waals surface area contributed by atoms with Gasteiger partial charge < -0.3 is 10.1 Å². The summed E-state index contributed by atoms with van der Waals surface area (Å²) in [5.41, 5.74) is 2.64. The van der Waals surface area contributed by atoms with E-state index >= 15 is 0 Å². The molecule has 5 nitrogen and oxygen atoms in total. The largest absolute Gasteiger partial charge is 0.487 e. The number of rotatable bonds is 7. The number of nitro groups is 1. The molecule has 138 valence electrons. The van der Waals surface area contributed by atoms with Crippen molar-refractivity contribution in [2.75, 3.05) is 5.32 Å². The number of anilines is 1. The topological polar surface area (TPSA) is 64.4 Å². The fourth-order valence-electron chi connectivity index (χ4n) is 2.45. The number of benzene rings is 3. The molecule has 0 fully saturated rings. The minimum absolute atomic E-state index is 0.0454. The first kappa shape index (κ1) is 19.0. The summed E-state index contributed by atoms with van der Waals surface area (Å²) in [5.74, 6) is 0.589. The lowest BCUT2D eigenvalue weighted by Crippen LogP contribution is -2.01. The van der Waals surface area contributed by atoms with Gasteiger partial charge in [-0.15, -0.1) is 0 Å². The van der Waals surface area contributed by atoms with Crippen LogP contribution in [0.4, 0.5) is 11.4 Å². The lowest BCUT2D eigenvalue weighted by molar-refractivity contribution is -0.384. The van der Waals surface area contributed by atoms with Crippen molar-refractivity contribution in [2.45, 2.75) is 13.2 Å². The van der Waals surface area contributed by atoms with Gasteiger partial charge >= 0.3 is 0 Å². The van der Waals surface area contributed by atoms with Gasteiger partial charge in [-0.2, -0.15) is 0 Å². The molecule has 7 heteroatoms. The minimum Gasteiger partial charge on any atom is -0.487 e. The van der Waals surface area contributed by atoms with Gasteiger partial charge in [-0.25, -0.2) is 0 Å². The second-order valence-corrected chi connectivity index (χ2v) is 6.68. The summed E-state index contributed by atoms with van der Waals surface area (Å²) in [6.45, 7) is 0.876. The highest BCUT2D eigenvalue weighted by molar-refractivity contribution is 6.32. The molecule has 0 aromatic heterocycles. The molecule has 0 aliphatic heterocycles. The molecule has 3 rings (SSSR count). The summed E-state index contributed by atoms with van der Waals surface area (Å²) in [5, 5.41) is 15.2. The van der Waals surface area contributed by atoms with E-state index in [-0.39, 0.29) is 5.69 Å². The molecule has 0 aliphatic carbocycles. The molecular weight excluding hydrogens is 387 g/mol. The van der Waals surface area contributed by atoms with E-state index in [2.05, 4.69) is 5.32 Å². The number of non-ortho nitro benzene ring substituents is 1. The molecule has 0 spiro atoms. The number of ether oxygens (including phenoxy) is 1. The van der Waals surface area contributed by atoms with Crippen molar-refractivity contribution in [3.05, 3.63) is 98.0 Å². The Kier molecular flexibility index (Phi) is 6.16. The smallest absolute Gasteiger partial charge is 0.271 e. The zero-order chi connectivity index (χ0) is 19.2. The molecule has 0 aliphatic rings. The van der Waals surface area contributed by atoms with Gasteiger partial charge in [0.1, 0.15) is 12.4 Å². The lowest BCUT2D eigenvalue weighted by atomic mass is 10.2. The first-order valence-corrected chi connectivity index (χ1v) is 8.91. The fraction of sp³-hybridized carbons (Fsp3) is 0.100. The van der Waals surface area contributed by atoms with E-state index in [1.54, 1.807) is 12.1 Å². The van der Waals surface area contributed by atoms with Gasteiger partial charge in [0, 0.05) is 29.4 Å². The second-order valence-electron chi connectivity index (χ2n) is 5.84.